The van der Waals surface area contributed by atoms with Crippen molar-refractivity contribution in [3.63, 3.8) is 0 Å². The molecule has 0 aromatic heterocycles. The van der Waals surface area contributed by atoms with Crippen LogP contribution >= 0.6 is 0 Å². The predicted molar refractivity (Wildman–Crippen MR) is 187 cm³/mol. The zero-order chi connectivity index (χ0) is 30.5. The number of nitrogens with zero attached hydrogens (tertiary/aromatic N) is 2. The lowest BCUT2D eigenvalue weighted by atomic mass is 9.68. The van der Waals surface area contributed by atoms with E-state index in [1.165, 1.54) is 18.4 Å². The SMILES string of the molecule is CCC(C)(C)CC(c1ccc(N(c2ccccc2)c2ccc(N(c3ccccc3)c3ccccc3)cc2)cc1)C(C)(C)C. The highest BCUT2D eigenvalue weighted by atomic mass is 15.2. The highest BCUT2D eigenvalue weighted by Gasteiger charge is 2.31. The minimum Gasteiger partial charge on any atom is -0.311 e. The van der Waals surface area contributed by atoms with Gasteiger partial charge in [0, 0.05) is 34.1 Å². The van der Waals surface area contributed by atoms with E-state index in [1.807, 2.05) is 0 Å². The van der Waals surface area contributed by atoms with Crippen molar-refractivity contribution in [2.24, 2.45) is 10.8 Å². The van der Waals surface area contributed by atoms with E-state index in [1.54, 1.807) is 0 Å². The molecular formula is C41H46N2. The Kier molecular flexibility index (Phi) is 9.06. The fourth-order valence-electron chi connectivity index (χ4n) is 5.85. The van der Waals surface area contributed by atoms with E-state index in [2.05, 4.69) is 191 Å². The molecule has 5 rings (SSSR count). The Bertz CT molecular complexity index is 1510. The van der Waals surface area contributed by atoms with E-state index < -0.39 is 0 Å². The molecule has 0 fully saturated rings. The van der Waals surface area contributed by atoms with Gasteiger partial charge < -0.3 is 9.80 Å². The predicted octanol–water partition coefficient (Wildman–Crippen LogP) is 12.6. The summed E-state index contributed by atoms with van der Waals surface area (Å²) >= 11 is 0. The molecule has 220 valence electrons. The Morgan fingerprint density at radius 2 is 0.744 bits per heavy atom. The first-order chi connectivity index (χ1) is 20.7. The summed E-state index contributed by atoms with van der Waals surface area (Å²) in [6.07, 6.45) is 2.36. The van der Waals surface area contributed by atoms with Crippen molar-refractivity contribution in [3.05, 3.63) is 145 Å². The zero-order valence-corrected chi connectivity index (χ0v) is 26.7. The van der Waals surface area contributed by atoms with Crippen molar-refractivity contribution >= 4 is 34.1 Å². The van der Waals surface area contributed by atoms with E-state index in [-0.39, 0.29) is 5.41 Å². The molecule has 0 amide bonds. The van der Waals surface area contributed by atoms with Crippen molar-refractivity contribution in [1.82, 2.24) is 0 Å². The first kappa shape index (κ1) is 30.2. The molecule has 43 heavy (non-hydrogen) atoms. The zero-order valence-electron chi connectivity index (χ0n) is 26.7. The number of hydrogen-bond acceptors (Lipinski definition) is 2. The molecule has 0 spiro atoms. The fourth-order valence-corrected chi connectivity index (χ4v) is 5.85. The maximum absolute atomic E-state index is 2.40. The van der Waals surface area contributed by atoms with Crippen LogP contribution in [0.4, 0.5) is 34.1 Å². The summed E-state index contributed by atoms with van der Waals surface area (Å²) in [5.74, 6) is 0.489. The summed E-state index contributed by atoms with van der Waals surface area (Å²) < 4.78 is 0. The summed E-state index contributed by atoms with van der Waals surface area (Å²) in [5.41, 5.74) is 8.74. The first-order valence-corrected chi connectivity index (χ1v) is 15.6. The van der Waals surface area contributed by atoms with Crippen LogP contribution in [0.3, 0.4) is 0 Å². The van der Waals surface area contributed by atoms with Crippen LogP contribution in [0.5, 0.6) is 0 Å². The molecule has 2 heteroatoms. The van der Waals surface area contributed by atoms with Crippen LogP contribution in [0.1, 0.15) is 65.9 Å². The summed E-state index contributed by atoms with van der Waals surface area (Å²) in [5, 5.41) is 0. The van der Waals surface area contributed by atoms with Gasteiger partial charge in [-0.3, -0.25) is 0 Å². The Hall–Kier alpha value is -4.30. The third kappa shape index (κ3) is 7.20. The number of para-hydroxylation sites is 3. The van der Waals surface area contributed by atoms with Gasteiger partial charge in [-0.15, -0.1) is 0 Å². The average molecular weight is 567 g/mol. The fraction of sp³-hybridized carbons (Fsp3) is 0.268. The van der Waals surface area contributed by atoms with E-state index in [0.717, 1.165) is 34.1 Å². The number of rotatable bonds is 10. The van der Waals surface area contributed by atoms with Crippen LogP contribution in [0.25, 0.3) is 0 Å². The minimum atomic E-state index is 0.187. The standard InChI is InChI=1S/C41H46N2/c1-7-41(5,6)31-39(40(2,3)4)32-23-25-36(26-24-32)43(35-21-15-10-16-22-35)38-29-27-37(28-30-38)42(33-17-11-8-12-18-33)34-19-13-9-14-20-34/h8-30,39H,7,31H2,1-6H3. The van der Waals surface area contributed by atoms with E-state index in [4.69, 9.17) is 0 Å². The highest BCUT2D eigenvalue weighted by Crippen LogP contribution is 2.45. The lowest BCUT2D eigenvalue weighted by Crippen LogP contribution is -2.25. The third-order valence-corrected chi connectivity index (χ3v) is 8.72. The molecule has 0 saturated heterocycles. The first-order valence-electron chi connectivity index (χ1n) is 15.6. The summed E-state index contributed by atoms with van der Waals surface area (Å²) in [4.78, 5) is 4.65. The van der Waals surface area contributed by atoms with Crippen LogP contribution in [0.15, 0.2) is 140 Å². The van der Waals surface area contributed by atoms with Gasteiger partial charge in [0.05, 0.1) is 0 Å². The molecule has 5 aromatic carbocycles. The van der Waals surface area contributed by atoms with Crippen LogP contribution < -0.4 is 9.80 Å². The lowest BCUT2D eigenvalue weighted by molar-refractivity contribution is 0.209. The van der Waals surface area contributed by atoms with Gasteiger partial charge in [-0.1, -0.05) is 115 Å². The van der Waals surface area contributed by atoms with Gasteiger partial charge in [0.25, 0.3) is 0 Å². The Morgan fingerprint density at radius 1 is 0.442 bits per heavy atom. The number of benzene rings is 5. The number of anilines is 6. The van der Waals surface area contributed by atoms with Gasteiger partial charge in [0.1, 0.15) is 0 Å². The maximum atomic E-state index is 2.40. The van der Waals surface area contributed by atoms with Crippen molar-refractivity contribution in [2.75, 3.05) is 9.80 Å². The third-order valence-electron chi connectivity index (χ3n) is 8.72. The molecule has 1 atom stereocenters. The van der Waals surface area contributed by atoms with Crippen molar-refractivity contribution in [3.8, 4) is 0 Å². The molecule has 0 N–H and O–H groups in total. The molecular weight excluding hydrogens is 520 g/mol. The van der Waals surface area contributed by atoms with E-state index in [0.29, 0.717) is 11.3 Å². The average Bonchev–Trinajstić information content (AvgIpc) is 3.02. The second kappa shape index (κ2) is 12.9. The van der Waals surface area contributed by atoms with Crippen molar-refractivity contribution in [1.29, 1.82) is 0 Å². The molecule has 0 bridgehead atoms. The van der Waals surface area contributed by atoms with Gasteiger partial charge in [0.15, 0.2) is 0 Å². The molecule has 5 aromatic rings. The Balaban J connectivity index is 1.52. The second-order valence-electron chi connectivity index (χ2n) is 13.4. The van der Waals surface area contributed by atoms with E-state index >= 15 is 0 Å². The van der Waals surface area contributed by atoms with Gasteiger partial charge in [0.2, 0.25) is 0 Å². The topological polar surface area (TPSA) is 6.48 Å². The van der Waals surface area contributed by atoms with Crippen molar-refractivity contribution < 1.29 is 0 Å². The minimum absolute atomic E-state index is 0.187. The highest BCUT2D eigenvalue weighted by molar-refractivity contribution is 5.81. The van der Waals surface area contributed by atoms with Gasteiger partial charge in [-0.05, 0) is 102 Å². The summed E-state index contributed by atoms with van der Waals surface area (Å²) in [7, 11) is 0. The Morgan fingerprint density at radius 3 is 1.05 bits per heavy atom. The molecule has 0 aliphatic carbocycles. The van der Waals surface area contributed by atoms with Crippen LogP contribution in [-0.2, 0) is 0 Å². The van der Waals surface area contributed by atoms with Crippen LogP contribution in [0.2, 0.25) is 0 Å². The molecule has 0 saturated carbocycles. The smallest absolute Gasteiger partial charge is 0.0463 e. The van der Waals surface area contributed by atoms with Crippen LogP contribution in [-0.4, -0.2) is 0 Å². The second-order valence-corrected chi connectivity index (χ2v) is 13.4. The summed E-state index contributed by atoms with van der Waals surface area (Å²) in [6, 6.07) is 50.0. The van der Waals surface area contributed by atoms with Gasteiger partial charge >= 0.3 is 0 Å². The quantitative estimate of drug-likeness (QED) is 0.166. The maximum Gasteiger partial charge on any atom is 0.0463 e. The molecule has 2 nitrogen and oxygen atoms in total. The molecule has 0 aliphatic heterocycles. The monoisotopic (exact) mass is 566 g/mol. The lowest BCUT2D eigenvalue weighted by Gasteiger charge is -2.37. The summed E-state index contributed by atoms with van der Waals surface area (Å²) in [6.45, 7) is 14.2. The van der Waals surface area contributed by atoms with E-state index in [9.17, 15) is 0 Å². The number of hydrogen-bond donors (Lipinski definition) is 0. The van der Waals surface area contributed by atoms with Gasteiger partial charge in [-0.2, -0.15) is 0 Å². The molecule has 0 aliphatic rings. The normalized spacial score (nSPS) is 12.5. The molecule has 1 unspecified atom stereocenters. The Labute approximate surface area is 259 Å². The molecule has 0 heterocycles. The van der Waals surface area contributed by atoms with Crippen molar-refractivity contribution in [2.45, 2.75) is 60.3 Å². The largest absolute Gasteiger partial charge is 0.311 e. The molecule has 0 radical (unpaired) electrons. The van der Waals surface area contributed by atoms with Crippen LogP contribution in [0, 0.1) is 10.8 Å². The van der Waals surface area contributed by atoms with Gasteiger partial charge in [-0.25, -0.2) is 0 Å².